The normalized spacial score (nSPS) is 7.16. The smallest absolute Gasteiger partial charge is 0.0342 e. The van der Waals surface area contributed by atoms with Crippen LogP contribution >= 0.6 is 0 Å². The number of benzene rings is 4. The van der Waals surface area contributed by atoms with E-state index in [4.69, 9.17) is 0 Å². The minimum atomic E-state index is 0. The molecule has 8 radical (unpaired) electrons. The zero-order chi connectivity index (χ0) is 59.8. The van der Waals surface area contributed by atoms with Crippen LogP contribution in [0.4, 0.5) is 0 Å². The van der Waals surface area contributed by atoms with Crippen molar-refractivity contribution in [2.24, 2.45) is 0 Å². The van der Waals surface area contributed by atoms with Crippen LogP contribution in [0.2, 0.25) is 0 Å². The molecule has 0 aliphatic heterocycles. The van der Waals surface area contributed by atoms with Gasteiger partial charge in [0.25, 0.3) is 0 Å². The molecular formula is C84H118N4Y8-8. The van der Waals surface area contributed by atoms with Crippen LogP contribution in [-0.2, 0) is 262 Å². The summed E-state index contributed by atoms with van der Waals surface area (Å²) >= 11 is 0. The predicted octanol–water partition coefficient (Wildman–Crippen LogP) is 26.0. The number of rotatable bonds is 8. The van der Waals surface area contributed by atoms with Crippen molar-refractivity contribution in [3.8, 4) is 0 Å². The van der Waals surface area contributed by atoms with Gasteiger partial charge in [-0.15, -0.1) is 13.2 Å². The van der Waals surface area contributed by atoms with Gasteiger partial charge in [0.15, 0.2) is 0 Å². The second-order valence-electron chi connectivity index (χ2n) is 18.2. The number of aromatic nitrogens is 4. The number of allylic oxidation sites excluding steroid dienone is 6. The van der Waals surface area contributed by atoms with E-state index in [1.165, 1.54) is 50.1 Å². The fourth-order valence-corrected chi connectivity index (χ4v) is 5.50. The summed E-state index contributed by atoms with van der Waals surface area (Å²) in [6.07, 6.45) is 23.1. The number of pyridine rings is 4. The number of aryl methyl sites for hydroxylation is 4. The van der Waals surface area contributed by atoms with Crippen molar-refractivity contribution in [2.75, 3.05) is 0 Å². The second kappa shape index (κ2) is 98.9. The molecule has 506 valence electrons. The Kier molecular flexibility index (Phi) is 150. The van der Waals surface area contributed by atoms with Gasteiger partial charge in [-0.3, -0.25) is 19.9 Å². The summed E-state index contributed by atoms with van der Waals surface area (Å²) in [6, 6.07) is 48.7. The van der Waals surface area contributed by atoms with Gasteiger partial charge in [0.2, 0.25) is 0 Å². The van der Waals surface area contributed by atoms with Crippen LogP contribution in [0, 0.1) is 87.1 Å². The fourth-order valence-electron chi connectivity index (χ4n) is 5.50. The molecule has 4 aromatic carbocycles. The number of nitrogens with zero attached hydrogens (tertiary/aromatic N) is 4. The topological polar surface area (TPSA) is 51.6 Å². The molecular weight excluding hydrogens is 1780 g/mol. The van der Waals surface area contributed by atoms with E-state index < -0.39 is 0 Å². The van der Waals surface area contributed by atoms with Crippen LogP contribution in [0.1, 0.15) is 123 Å². The van der Waals surface area contributed by atoms with E-state index in [2.05, 4.69) is 198 Å². The fraction of sp³-hybridized carbons (Fsp3) is 0.143. The summed E-state index contributed by atoms with van der Waals surface area (Å²) < 4.78 is 0. The zero-order valence-electron chi connectivity index (χ0n) is 62.3. The summed E-state index contributed by atoms with van der Waals surface area (Å²) in [5.41, 5.74) is 20.0. The summed E-state index contributed by atoms with van der Waals surface area (Å²) in [4.78, 5) is 15.6. The predicted molar refractivity (Wildman–Crippen MR) is 415 cm³/mol. The minimum Gasteiger partial charge on any atom is -0.358 e. The van der Waals surface area contributed by atoms with Gasteiger partial charge in [-0.25, -0.2) is 0 Å². The molecule has 0 saturated carbocycles. The van der Waals surface area contributed by atoms with Gasteiger partial charge in [-0.05, 0) is 163 Å². The quantitative estimate of drug-likeness (QED) is 0.112. The van der Waals surface area contributed by atoms with E-state index in [9.17, 15) is 0 Å². The molecule has 0 atom stereocenters. The van der Waals surface area contributed by atoms with Crippen LogP contribution in [0.15, 0.2) is 273 Å². The molecule has 0 unspecified atom stereocenters. The Balaban J connectivity index is -0.0000000400. The molecule has 4 heterocycles. The van der Waals surface area contributed by atoms with Crippen LogP contribution in [0.5, 0.6) is 0 Å². The molecule has 0 amide bonds. The van der Waals surface area contributed by atoms with Crippen LogP contribution in [0.3, 0.4) is 0 Å². The van der Waals surface area contributed by atoms with Crippen LogP contribution in [0.25, 0.3) is 46.6 Å². The van der Waals surface area contributed by atoms with E-state index >= 15 is 0 Å². The van der Waals surface area contributed by atoms with Gasteiger partial charge >= 0.3 is 0 Å². The van der Waals surface area contributed by atoms with E-state index in [0.717, 1.165) is 44.5 Å². The van der Waals surface area contributed by atoms with E-state index in [-0.39, 0.29) is 329 Å². The first-order chi connectivity index (χ1) is 37.7. The maximum Gasteiger partial charge on any atom is 0.0342 e. The molecule has 0 bridgehead atoms. The second-order valence-corrected chi connectivity index (χ2v) is 18.2. The molecule has 0 aliphatic rings. The summed E-state index contributed by atoms with van der Waals surface area (Å²) in [5, 5.41) is 0. The molecule has 0 N–H and O–H groups in total. The molecule has 0 spiro atoms. The van der Waals surface area contributed by atoms with Crippen molar-refractivity contribution in [1.82, 2.24) is 19.9 Å². The Morgan fingerprint density at radius 3 is 0.833 bits per heavy atom. The van der Waals surface area contributed by atoms with Crippen molar-refractivity contribution in [1.29, 1.82) is 0 Å². The summed E-state index contributed by atoms with van der Waals surface area (Å²) in [7, 11) is 0. The Hall–Kier alpha value is -0.289. The third-order valence-corrected chi connectivity index (χ3v) is 9.84. The summed E-state index contributed by atoms with van der Waals surface area (Å²) in [5.74, 6) is 0. The van der Waals surface area contributed by atoms with Crippen molar-refractivity contribution >= 4 is 46.6 Å². The van der Waals surface area contributed by atoms with Crippen molar-refractivity contribution in [3.63, 3.8) is 0 Å². The number of hydrogen-bond donors (Lipinski definition) is 0. The first-order valence-corrected chi connectivity index (χ1v) is 25.9. The first-order valence-electron chi connectivity index (χ1n) is 25.9. The number of hydrogen-bond acceptors (Lipinski definition) is 4. The summed E-state index contributed by atoms with van der Waals surface area (Å²) in [6.45, 7) is 58.9. The zero-order valence-corrected chi connectivity index (χ0v) is 85.0. The SMILES string of the molecule is C.C=C(C)C.C=C(C)c1ccc(C)cc1.C=C(C)c1cccc(C)c1.C=C(C)c1cccnc1.C=C(C)c1ccncc1.C=CC.C=Cc1ccc(C)cc1.C=Cc1cccc(C)c1.C=Cc1cccnc1.C=Cc1ccncc1.[CH3-].[CH3-].[CH3-].[CH3-].[CH3-].[CH3-].[CH3-].[CH3-].[Y].[Y].[Y].[Y].[Y].[Y].[Y].[Y]. The van der Waals surface area contributed by atoms with Crippen LogP contribution in [-0.4, -0.2) is 19.9 Å². The standard InChI is InChI=1S/2C10H12.2C9H10.2C8H9N.2C7H7N.C4H8.C3H6.CH4.8CH3.8Y/c1-8(2)10-6-4-9(3)5-7-10;1-8(2)10-6-4-5-9(3)7-10;1-3-9-6-4-8(2)5-7-9;1-3-9-6-4-5-8(2)7-9;1-7(2)8-3-5-9-6-4-8;1-7(2)8-4-3-5-9-6-8;1-2-7-3-5-8-6-4-7;1-2-7-4-3-5-8-6-7;1-4(2)3;1-3-2;;;;;;;;;;;;;;;;;/h2*4-7H,1H2,2-3H3;2*3-7H,1H2,2H3;2*3-6H,1H2,2H3;2*2-6H,1H2;1H2,2-3H3;3H,1H2,2H3;1H4;8*1H3;;;;;;;;/q;;;;;;;;;;;8*-1;;;;;;;;. The van der Waals surface area contributed by atoms with Crippen molar-refractivity contribution in [2.45, 2.75) is 83.6 Å². The maximum atomic E-state index is 3.95. The van der Waals surface area contributed by atoms with Gasteiger partial charge in [0.05, 0.1) is 0 Å². The van der Waals surface area contributed by atoms with Gasteiger partial charge < -0.3 is 59.4 Å². The Labute approximate surface area is 797 Å². The first kappa shape index (κ1) is 146. The third kappa shape index (κ3) is 87.9. The van der Waals surface area contributed by atoms with Crippen molar-refractivity contribution in [3.05, 3.63) is 399 Å². The largest absolute Gasteiger partial charge is 0.358 e. The molecule has 0 aliphatic carbocycles. The molecule has 0 saturated heterocycles. The average molecular weight is 1900 g/mol. The molecule has 4 aromatic heterocycles. The molecule has 8 rings (SSSR count). The monoisotopic (exact) mass is 1890 g/mol. The van der Waals surface area contributed by atoms with Gasteiger partial charge in [-0.2, -0.15) is 0 Å². The maximum absolute atomic E-state index is 3.95. The van der Waals surface area contributed by atoms with Crippen molar-refractivity contribution < 1.29 is 262 Å². The molecule has 96 heavy (non-hydrogen) atoms. The molecule has 0 fully saturated rings. The molecule has 4 nitrogen and oxygen atoms in total. The Morgan fingerprint density at radius 2 is 0.583 bits per heavy atom. The van der Waals surface area contributed by atoms with E-state index in [1.807, 2.05) is 127 Å². The Morgan fingerprint density at radius 1 is 0.292 bits per heavy atom. The van der Waals surface area contributed by atoms with Gasteiger partial charge in [0, 0.05) is 311 Å². The van der Waals surface area contributed by atoms with Crippen LogP contribution < -0.4 is 0 Å². The van der Waals surface area contributed by atoms with E-state index in [1.54, 1.807) is 61.6 Å². The minimum absolute atomic E-state index is 0. The van der Waals surface area contributed by atoms with Gasteiger partial charge in [0.1, 0.15) is 0 Å². The van der Waals surface area contributed by atoms with Gasteiger partial charge in [-0.1, -0.05) is 244 Å². The molecule has 8 aromatic rings. The van der Waals surface area contributed by atoms with E-state index in [0.29, 0.717) is 0 Å². The Bertz CT molecular complexity index is 2910. The molecule has 12 heteroatoms. The average Bonchev–Trinajstić information content (AvgIpc) is 3.45. The third-order valence-electron chi connectivity index (χ3n) is 9.84.